The molecular formula is C96H132Cl2MnN20O10. The van der Waals surface area contributed by atoms with E-state index < -0.39 is 14.8 Å². The molecule has 0 amide bonds. The molecule has 12 heterocycles. The van der Waals surface area contributed by atoms with Crippen LogP contribution in [-0.4, -0.2) is 281 Å². The van der Waals surface area contributed by atoms with Crippen LogP contribution in [0.25, 0.3) is 33.1 Å². The van der Waals surface area contributed by atoms with Gasteiger partial charge in [-0.25, -0.2) is 15.0 Å². The van der Waals surface area contributed by atoms with Gasteiger partial charge in [0, 0.05) is 176 Å². The molecule has 0 atom stereocenters. The third kappa shape index (κ3) is 30.2. The van der Waals surface area contributed by atoms with Crippen LogP contribution in [0.4, 0.5) is 29.2 Å². The molecule has 33 heteroatoms. The SMILES string of the molecule is C.Cc1cc(C)cc(N)c1.Cc1cc(C)cc(NCc2ccc3nc(NC4CCN(CCN5CCOCC5)CC4)n(Cc4nc(C)ccc4O)c3c2)c1.Cc1ccc(O)c(Cn2c(NC3CCN(CCN4CCOCC4)CC3)nc3ccc(C=O)cc32)n1.Cc1ccc(O)c(Cn2c(NC3CCN(CCN4CCOCC4)CC3)nc3ccc(CO)cc32)n1.ClCCl.[O]=[Mn]=[O]. The molecule has 0 unspecified atom stereocenters. The normalized spacial score (nSPS) is 16.5. The van der Waals surface area contributed by atoms with Crippen molar-refractivity contribution >= 4 is 91.8 Å². The quantitative estimate of drug-likeness (QED) is 0.0105. The van der Waals surface area contributed by atoms with E-state index in [0.717, 1.165) is 287 Å². The van der Waals surface area contributed by atoms with E-state index in [4.69, 9.17) is 65.8 Å². The fraction of sp³-hybridized carbons (Fsp3) is 0.490. The average Bonchev–Trinajstić information content (AvgIpc) is 1.64. The Bertz CT molecular complexity index is 5330. The molecule has 17 rings (SSSR count). The van der Waals surface area contributed by atoms with Crippen LogP contribution in [0.1, 0.15) is 124 Å². The number of nitrogens with one attached hydrogen (secondary N) is 4. The number of imidazole rings is 3. The van der Waals surface area contributed by atoms with Gasteiger partial charge in [0.15, 0.2) is 0 Å². The molecule has 129 heavy (non-hydrogen) atoms. The summed E-state index contributed by atoms with van der Waals surface area (Å²) in [5.41, 5.74) is 25.0. The summed E-state index contributed by atoms with van der Waals surface area (Å²) in [5.74, 6) is 2.91. The van der Waals surface area contributed by atoms with Crippen molar-refractivity contribution in [3.05, 3.63) is 201 Å². The van der Waals surface area contributed by atoms with Gasteiger partial charge in [-0.3, -0.25) is 34.4 Å². The van der Waals surface area contributed by atoms with Gasteiger partial charge in [0.1, 0.15) is 40.6 Å². The number of nitrogens with zero attached hydrogens (tertiary/aromatic N) is 15. The van der Waals surface area contributed by atoms with Crippen LogP contribution in [0.2, 0.25) is 0 Å². The van der Waals surface area contributed by atoms with Gasteiger partial charge in [0.25, 0.3) is 0 Å². The number of carbonyl (C=O) groups excluding carboxylic acids is 1. The Kier molecular flexibility index (Phi) is 39.2. The van der Waals surface area contributed by atoms with Crippen molar-refractivity contribution in [1.29, 1.82) is 0 Å². The van der Waals surface area contributed by atoms with Crippen molar-refractivity contribution in [2.24, 2.45) is 0 Å². The number of halogens is 2. The number of benzene rings is 5. The molecule has 0 bridgehead atoms. The predicted octanol–water partition coefficient (Wildman–Crippen LogP) is 13.3. The summed E-state index contributed by atoms with van der Waals surface area (Å²) < 4.78 is 39.5. The number of nitrogens with two attached hydrogens (primary N) is 1. The van der Waals surface area contributed by atoms with Crippen molar-refractivity contribution < 1.29 is 61.9 Å². The number of aromatic nitrogens is 9. The molecule has 30 nitrogen and oxygen atoms in total. The Morgan fingerprint density at radius 3 is 1.05 bits per heavy atom. The number of anilines is 5. The molecule has 5 aromatic carbocycles. The van der Waals surface area contributed by atoms with Gasteiger partial charge in [0.2, 0.25) is 17.8 Å². The van der Waals surface area contributed by atoms with Gasteiger partial charge in [-0.2, -0.15) is 0 Å². The maximum absolute atomic E-state index is 11.4. The number of aromatic hydroxyl groups is 3. The number of fused-ring (bicyclic) bond motifs is 3. The second kappa shape index (κ2) is 50.7. The summed E-state index contributed by atoms with van der Waals surface area (Å²) in [4.78, 5) is 55.1. The van der Waals surface area contributed by atoms with Crippen LogP contribution < -0.4 is 27.0 Å². The van der Waals surface area contributed by atoms with Crippen molar-refractivity contribution in [1.82, 2.24) is 73.0 Å². The maximum atomic E-state index is 11.4. The number of hydrogen-bond donors (Lipinski definition) is 9. The van der Waals surface area contributed by atoms with E-state index in [1.54, 1.807) is 36.4 Å². The molecule has 6 aliphatic heterocycles. The molecule has 6 fully saturated rings. The van der Waals surface area contributed by atoms with E-state index in [9.17, 15) is 25.2 Å². The van der Waals surface area contributed by atoms with Gasteiger partial charge in [0.05, 0.1) is 104 Å². The third-order valence-corrected chi connectivity index (χ3v) is 24.1. The fourth-order valence-electron chi connectivity index (χ4n) is 17.2. The first-order valence-corrected chi connectivity index (χ1v) is 46.7. The summed E-state index contributed by atoms with van der Waals surface area (Å²) in [6.07, 6.45) is 7.19. The molecule has 10 N–H and O–H groups in total. The topological polar surface area (TPSA) is 346 Å². The summed E-state index contributed by atoms with van der Waals surface area (Å²) in [6, 6.07) is 41.9. The summed E-state index contributed by atoms with van der Waals surface area (Å²) in [7, 11) is 0. The Hall–Kier alpha value is -9.67. The monoisotopic (exact) mass is 1850 g/mol. The van der Waals surface area contributed by atoms with E-state index >= 15 is 0 Å². The first-order chi connectivity index (χ1) is 62.1. The molecule has 0 spiro atoms. The van der Waals surface area contributed by atoms with Gasteiger partial charge in [-0.05, 0) is 224 Å². The van der Waals surface area contributed by atoms with Crippen molar-refractivity contribution in [2.75, 3.05) is 190 Å². The Labute approximate surface area is 774 Å². The number of ether oxygens (including phenoxy) is 3. The minimum atomic E-state index is -1.44. The Morgan fingerprint density at radius 2 is 0.721 bits per heavy atom. The Morgan fingerprint density at radius 1 is 0.419 bits per heavy atom. The summed E-state index contributed by atoms with van der Waals surface area (Å²) in [6.45, 7) is 40.4. The number of aliphatic hydroxyl groups is 1. The number of aldehydes is 1. The van der Waals surface area contributed by atoms with Crippen LogP contribution in [0.15, 0.2) is 127 Å². The zero-order valence-corrected chi connectivity index (χ0v) is 77.7. The third-order valence-electron chi connectivity index (χ3n) is 24.1. The molecular weight excluding hydrogens is 1720 g/mol. The number of pyridine rings is 3. The Balaban J connectivity index is 0.000000173. The number of aryl methyl sites for hydroxylation is 7. The van der Waals surface area contributed by atoms with E-state index in [-0.39, 0.29) is 36.6 Å². The first-order valence-electron chi connectivity index (χ1n) is 44.6. The summed E-state index contributed by atoms with van der Waals surface area (Å²) >= 11 is 8.09. The average molecular weight is 1850 g/mol. The van der Waals surface area contributed by atoms with Crippen molar-refractivity contribution in [2.45, 2.75) is 145 Å². The number of piperidine rings is 3. The van der Waals surface area contributed by atoms with Gasteiger partial charge >= 0.3 is 22.5 Å². The minimum absolute atomic E-state index is 0. The molecule has 0 aliphatic carbocycles. The zero-order valence-electron chi connectivity index (χ0n) is 75.0. The molecule has 6 aromatic heterocycles. The number of rotatable bonds is 26. The van der Waals surface area contributed by atoms with Gasteiger partial charge in [-0.1, -0.05) is 31.7 Å². The zero-order chi connectivity index (χ0) is 90.4. The summed E-state index contributed by atoms with van der Waals surface area (Å²) in [5, 5.41) is 56.1. The second-order valence-electron chi connectivity index (χ2n) is 33.9. The molecule has 6 saturated heterocycles. The number of alkyl halides is 2. The molecule has 697 valence electrons. The predicted molar refractivity (Wildman–Crippen MR) is 509 cm³/mol. The van der Waals surface area contributed by atoms with E-state index in [1.807, 2.05) is 87.7 Å². The van der Waals surface area contributed by atoms with Crippen LogP contribution in [0, 0.1) is 48.5 Å². The molecule has 0 radical (unpaired) electrons. The number of likely N-dealkylation sites (tertiary alicyclic amines) is 3. The molecule has 0 saturated carbocycles. The number of nitrogen functional groups attached to an aromatic ring is 1. The van der Waals surface area contributed by atoms with Crippen LogP contribution in [0.3, 0.4) is 0 Å². The van der Waals surface area contributed by atoms with Crippen LogP contribution >= 0.6 is 23.2 Å². The molecule has 6 aliphatic rings. The van der Waals surface area contributed by atoms with Crippen LogP contribution in [-0.2, 0) is 69.5 Å². The van der Waals surface area contributed by atoms with E-state index in [0.29, 0.717) is 66.9 Å². The van der Waals surface area contributed by atoms with E-state index in [1.165, 1.54) is 27.8 Å². The van der Waals surface area contributed by atoms with Crippen molar-refractivity contribution in [3.63, 3.8) is 0 Å². The standard InChI is InChI=1S/C34H45N7O2.C26H36N6O3.C26H34N6O3.C8H11N.CH2Cl2.CH4.Mn.2O/c1-24-18-25(2)20-29(19-24)35-22-27-5-6-30-32(21-27)41(23-31-33(42)7-4-26(3)36-31)34(38-30)37-28-8-10-39(11-9-28)12-13-40-14-16-43-17-15-40;2*1-19-2-5-25(34)23(27-19)17-32-24-16-20(18-33)3-4-22(24)29-26(32)28-21-6-8-30(9-7-21)10-11-31-12-14-35-15-13-31;1-6-3-7(2)5-8(9)4-6;2-1-3;;;;/h4-7,18-21,28,35,42H,8-17,22-23H2,1-3H3,(H,37,38);2-5,16,21,33-34H,6-15,17-18H2,1H3,(H,28,29);2-5,16,18,21,34H,6-15,17H2,1H3,(H,28,29);3-5H,9H2,1-2H3;1H2;1H4;;;. The molecule has 11 aromatic rings. The second-order valence-corrected chi connectivity index (χ2v) is 35.0. The fourth-order valence-corrected chi connectivity index (χ4v) is 17.2. The number of hydrogen-bond acceptors (Lipinski definition) is 27. The van der Waals surface area contributed by atoms with Gasteiger partial charge in [-0.15, -0.1) is 23.2 Å². The number of carbonyl (C=O) groups is 1. The van der Waals surface area contributed by atoms with E-state index in [2.05, 4.69) is 131 Å². The van der Waals surface area contributed by atoms with Crippen LogP contribution in [0.5, 0.6) is 17.2 Å². The van der Waals surface area contributed by atoms with Gasteiger partial charge < -0.3 is 90.0 Å². The first kappa shape index (κ1) is 99.9. The number of aliphatic hydroxyl groups excluding tert-OH is 1. The van der Waals surface area contributed by atoms with Crippen molar-refractivity contribution in [3.8, 4) is 17.2 Å². The number of morpholine rings is 3.